The van der Waals surface area contributed by atoms with E-state index in [2.05, 4.69) is 13.8 Å². The van der Waals surface area contributed by atoms with Crippen molar-refractivity contribution in [3.8, 4) is 0 Å². The van der Waals surface area contributed by atoms with Crippen molar-refractivity contribution in [2.45, 2.75) is 174 Å². The molecule has 0 atom stereocenters. The van der Waals surface area contributed by atoms with Crippen LogP contribution >= 0.6 is 0 Å². The molecule has 35 heavy (non-hydrogen) atoms. The van der Waals surface area contributed by atoms with E-state index in [1.165, 1.54) is 77.0 Å². The van der Waals surface area contributed by atoms with Gasteiger partial charge in [-0.2, -0.15) is 0 Å². The number of hydrogen-bond acceptors (Lipinski definition) is 2. The lowest BCUT2D eigenvalue weighted by molar-refractivity contribution is -0.180. The first-order valence-electron chi connectivity index (χ1n) is 15.4. The minimum absolute atomic E-state index is 0.295. The van der Waals surface area contributed by atoms with Crippen LogP contribution in [0.25, 0.3) is 0 Å². The molecule has 206 valence electrons. The second kappa shape index (κ2) is 19.1. The first-order valence-corrected chi connectivity index (χ1v) is 15.4. The molecular formula is C31H58O4. The van der Waals surface area contributed by atoms with Crippen molar-refractivity contribution >= 4 is 11.9 Å². The van der Waals surface area contributed by atoms with Gasteiger partial charge in [-0.1, -0.05) is 149 Å². The molecule has 0 unspecified atom stereocenters. The van der Waals surface area contributed by atoms with Gasteiger partial charge in [-0.3, -0.25) is 9.59 Å². The van der Waals surface area contributed by atoms with Gasteiger partial charge in [0.1, 0.15) is 0 Å². The molecule has 0 aromatic heterocycles. The minimum Gasteiger partial charge on any atom is -0.480 e. The smallest absolute Gasteiger partial charge is 0.321 e. The summed E-state index contributed by atoms with van der Waals surface area (Å²) in [6.45, 7) is 4.45. The van der Waals surface area contributed by atoms with E-state index in [1.807, 2.05) is 0 Å². The first kappa shape index (κ1) is 32.0. The Balaban J connectivity index is 2.95. The molecule has 0 saturated heterocycles. The van der Waals surface area contributed by atoms with Crippen LogP contribution in [0.2, 0.25) is 0 Å². The van der Waals surface area contributed by atoms with E-state index >= 15 is 0 Å². The molecule has 1 fully saturated rings. The Kier molecular flexibility index (Phi) is 17.5. The van der Waals surface area contributed by atoms with Crippen molar-refractivity contribution in [3.05, 3.63) is 0 Å². The van der Waals surface area contributed by atoms with E-state index in [0.29, 0.717) is 12.8 Å². The summed E-state index contributed by atoms with van der Waals surface area (Å²) in [4.78, 5) is 25.8. The lowest BCUT2D eigenvalue weighted by Gasteiger charge is -2.46. The fraction of sp³-hybridized carbons (Fsp3) is 0.935. The van der Waals surface area contributed by atoms with Crippen molar-refractivity contribution in [1.29, 1.82) is 0 Å². The molecule has 0 aliphatic heterocycles. The van der Waals surface area contributed by atoms with Crippen LogP contribution in [0.4, 0.5) is 0 Å². The predicted molar refractivity (Wildman–Crippen MR) is 147 cm³/mol. The van der Waals surface area contributed by atoms with Gasteiger partial charge in [0.05, 0.1) is 0 Å². The molecule has 4 heteroatoms. The highest BCUT2D eigenvalue weighted by molar-refractivity contribution is 5.99. The molecule has 2 N–H and O–H groups in total. The molecule has 0 heterocycles. The molecule has 0 amide bonds. The number of carbonyl (C=O) groups is 2. The largest absolute Gasteiger partial charge is 0.480 e. The van der Waals surface area contributed by atoms with Gasteiger partial charge in [-0.05, 0) is 31.1 Å². The highest BCUT2D eigenvalue weighted by Gasteiger charge is 2.60. The normalized spacial score (nSPS) is 16.9. The maximum atomic E-state index is 12.9. The van der Waals surface area contributed by atoms with Crippen molar-refractivity contribution in [1.82, 2.24) is 0 Å². The number of aliphatic carboxylic acids is 2. The quantitative estimate of drug-likeness (QED) is 0.130. The molecule has 1 saturated carbocycles. The number of rotatable bonds is 20. The lowest BCUT2D eigenvalue weighted by atomic mass is 9.54. The molecule has 0 aromatic rings. The zero-order valence-corrected chi connectivity index (χ0v) is 23.4. The van der Waals surface area contributed by atoms with E-state index in [-0.39, 0.29) is 0 Å². The second-order valence-electron chi connectivity index (χ2n) is 11.5. The molecule has 1 aliphatic rings. The third-order valence-corrected chi connectivity index (χ3v) is 8.86. The SMILES string of the molecule is CCCCCCCCCCC(C(=O)O)(C(=O)O)C1(CCCCCCCCC)CCCCCCCC1. The average Bonchev–Trinajstić information content (AvgIpc) is 2.95. The average molecular weight is 495 g/mol. The third-order valence-electron chi connectivity index (χ3n) is 8.86. The van der Waals surface area contributed by atoms with Crippen LogP contribution in [-0.4, -0.2) is 22.2 Å². The summed E-state index contributed by atoms with van der Waals surface area (Å²) in [6.07, 6.45) is 26.3. The van der Waals surface area contributed by atoms with E-state index in [9.17, 15) is 19.8 Å². The number of carboxylic acids is 2. The van der Waals surface area contributed by atoms with Gasteiger partial charge in [0, 0.05) is 0 Å². The van der Waals surface area contributed by atoms with Gasteiger partial charge in [-0.15, -0.1) is 0 Å². The summed E-state index contributed by atoms with van der Waals surface area (Å²) in [5, 5.41) is 21.1. The van der Waals surface area contributed by atoms with Gasteiger partial charge >= 0.3 is 11.9 Å². The van der Waals surface area contributed by atoms with Gasteiger partial charge in [-0.25, -0.2) is 0 Å². The zero-order valence-electron chi connectivity index (χ0n) is 23.4. The fourth-order valence-electron chi connectivity index (χ4n) is 6.62. The summed E-state index contributed by atoms with van der Waals surface area (Å²) in [5.74, 6) is -2.15. The standard InChI is InChI=1S/C31H58O4/c1-3-5-7-9-11-13-19-23-27-31(28(32)33,29(34)35)30(24-20-16-12-10-8-6-4-2)25-21-17-14-15-18-22-26-30/h3-27H2,1-2H3,(H,32,33)(H,34,35). The molecule has 1 aliphatic carbocycles. The van der Waals surface area contributed by atoms with E-state index in [4.69, 9.17) is 0 Å². The van der Waals surface area contributed by atoms with E-state index in [1.54, 1.807) is 0 Å². The Morgan fingerprint density at radius 2 is 0.943 bits per heavy atom. The van der Waals surface area contributed by atoms with Crippen LogP contribution in [0.3, 0.4) is 0 Å². The molecule has 0 aromatic carbocycles. The highest BCUT2D eigenvalue weighted by Crippen LogP contribution is 2.55. The van der Waals surface area contributed by atoms with Crippen molar-refractivity contribution in [3.63, 3.8) is 0 Å². The minimum atomic E-state index is -1.64. The summed E-state index contributed by atoms with van der Waals surface area (Å²) in [7, 11) is 0. The number of unbranched alkanes of at least 4 members (excludes halogenated alkanes) is 13. The van der Waals surface area contributed by atoms with Gasteiger partial charge < -0.3 is 10.2 Å². The molecule has 0 radical (unpaired) electrons. The Morgan fingerprint density at radius 1 is 0.571 bits per heavy atom. The molecule has 0 spiro atoms. The Morgan fingerprint density at radius 3 is 1.37 bits per heavy atom. The number of hydrogen-bond donors (Lipinski definition) is 2. The van der Waals surface area contributed by atoms with Crippen molar-refractivity contribution in [2.24, 2.45) is 10.8 Å². The van der Waals surface area contributed by atoms with E-state index < -0.39 is 22.8 Å². The Hall–Kier alpha value is -1.06. The van der Waals surface area contributed by atoms with Crippen LogP contribution in [-0.2, 0) is 9.59 Å². The molecular weight excluding hydrogens is 436 g/mol. The van der Waals surface area contributed by atoms with Crippen LogP contribution in [0.15, 0.2) is 0 Å². The third kappa shape index (κ3) is 10.8. The van der Waals surface area contributed by atoms with Crippen LogP contribution < -0.4 is 0 Å². The summed E-state index contributed by atoms with van der Waals surface area (Å²) in [6, 6.07) is 0. The zero-order chi connectivity index (χ0) is 25.8. The summed E-state index contributed by atoms with van der Waals surface area (Å²) < 4.78 is 0. The molecule has 1 rings (SSSR count). The summed E-state index contributed by atoms with van der Waals surface area (Å²) >= 11 is 0. The van der Waals surface area contributed by atoms with Gasteiger partial charge in [0.2, 0.25) is 0 Å². The maximum Gasteiger partial charge on any atom is 0.321 e. The van der Waals surface area contributed by atoms with E-state index in [0.717, 1.165) is 70.6 Å². The molecule has 0 bridgehead atoms. The summed E-state index contributed by atoms with van der Waals surface area (Å²) in [5.41, 5.74) is -2.25. The van der Waals surface area contributed by atoms with Crippen LogP contribution in [0.5, 0.6) is 0 Å². The van der Waals surface area contributed by atoms with Crippen LogP contribution in [0, 0.1) is 10.8 Å². The van der Waals surface area contributed by atoms with Crippen molar-refractivity contribution < 1.29 is 19.8 Å². The van der Waals surface area contributed by atoms with Crippen molar-refractivity contribution in [2.75, 3.05) is 0 Å². The predicted octanol–water partition coefficient (Wildman–Crippen LogP) is 9.93. The first-order chi connectivity index (χ1) is 17.0. The van der Waals surface area contributed by atoms with Gasteiger partial charge in [0.15, 0.2) is 5.41 Å². The monoisotopic (exact) mass is 494 g/mol. The maximum absolute atomic E-state index is 12.9. The van der Waals surface area contributed by atoms with Crippen LogP contribution in [0.1, 0.15) is 174 Å². The van der Waals surface area contributed by atoms with Gasteiger partial charge in [0.25, 0.3) is 0 Å². The topological polar surface area (TPSA) is 74.6 Å². The fourth-order valence-corrected chi connectivity index (χ4v) is 6.62. The molecule has 4 nitrogen and oxygen atoms in total. The lowest BCUT2D eigenvalue weighted by Crippen LogP contribution is -2.53. The highest BCUT2D eigenvalue weighted by atomic mass is 16.4. The second-order valence-corrected chi connectivity index (χ2v) is 11.5. The number of carboxylic acid groups (broad SMARTS) is 2. The Labute approximate surface area is 217 Å². The Bertz CT molecular complexity index is 532.